The quantitative estimate of drug-likeness (QED) is 0.449. The fraction of sp³-hybridized carbons (Fsp3) is 0.273. The summed E-state index contributed by atoms with van der Waals surface area (Å²) in [6, 6.07) is 5.14. The molecule has 0 aliphatic carbocycles. The lowest BCUT2D eigenvalue weighted by molar-refractivity contribution is 0.101. The molecular weight excluding hydrogens is 192 g/mol. The maximum Gasteiger partial charge on any atom is 0.240 e. The van der Waals surface area contributed by atoms with Crippen LogP contribution in [-0.2, 0) is 0 Å². The highest BCUT2D eigenvalue weighted by Gasteiger charge is 2.21. The van der Waals surface area contributed by atoms with Crippen LogP contribution < -0.4 is 5.32 Å². The van der Waals surface area contributed by atoms with Gasteiger partial charge in [0.1, 0.15) is 11.6 Å². The molecule has 1 aliphatic rings. The van der Waals surface area contributed by atoms with Gasteiger partial charge in [-0.15, -0.1) is 0 Å². The molecule has 1 aromatic rings. The van der Waals surface area contributed by atoms with Crippen LogP contribution in [-0.4, -0.2) is 12.3 Å². The Morgan fingerprint density at radius 1 is 1.60 bits per heavy atom. The van der Waals surface area contributed by atoms with Crippen LogP contribution in [0.1, 0.15) is 23.4 Å². The van der Waals surface area contributed by atoms with Crippen LogP contribution >= 0.6 is 0 Å². The van der Waals surface area contributed by atoms with Gasteiger partial charge >= 0.3 is 0 Å². The van der Waals surface area contributed by atoms with Crippen molar-refractivity contribution in [2.75, 3.05) is 6.54 Å². The molecule has 1 aliphatic heterocycles. The van der Waals surface area contributed by atoms with Gasteiger partial charge < -0.3 is 9.73 Å². The summed E-state index contributed by atoms with van der Waals surface area (Å²) in [5.74, 6) is -0.125. The van der Waals surface area contributed by atoms with E-state index >= 15 is 0 Å². The molecule has 1 N–H and O–H groups in total. The summed E-state index contributed by atoms with van der Waals surface area (Å²) >= 11 is 0. The minimum atomic E-state index is -0.341. The van der Waals surface area contributed by atoms with Gasteiger partial charge in [-0.25, -0.2) is 0 Å². The van der Waals surface area contributed by atoms with Crippen molar-refractivity contribution in [1.82, 2.24) is 5.32 Å². The van der Waals surface area contributed by atoms with Crippen molar-refractivity contribution in [1.29, 1.82) is 5.26 Å². The van der Waals surface area contributed by atoms with Gasteiger partial charge in [0, 0.05) is 12.2 Å². The minimum absolute atomic E-state index is 0.169. The number of nitrogens with zero attached hydrogens (tertiary/aromatic N) is 1. The zero-order chi connectivity index (χ0) is 10.7. The molecule has 0 radical (unpaired) electrons. The standard InChI is InChI=1S/C11H10N2O2/c12-7-8(9-3-1-5-13-9)11(14)10-4-2-6-15-10/h2,4,6,13H,1,3,5H2. The van der Waals surface area contributed by atoms with Crippen LogP contribution in [0.25, 0.3) is 0 Å². The fourth-order valence-electron chi connectivity index (χ4n) is 1.59. The average molecular weight is 202 g/mol. The number of allylic oxidation sites excluding steroid dienone is 2. The number of nitriles is 1. The maximum absolute atomic E-state index is 11.8. The molecule has 15 heavy (non-hydrogen) atoms. The lowest BCUT2D eigenvalue weighted by Crippen LogP contribution is -2.11. The third kappa shape index (κ3) is 1.77. The van der Waals surface area contributed by atoms with Crippen molar-refractivity contribution >= 4 is 5.78 Å². The van der Waals surface area contributed by atoms with E-state index in [9.17, 15) is 4.79 Å². The Bertz CT molecular complexity index is 430. The molecule has 1 saturated heterocycles. The van der Waals surface area contributed by atoms with E-state index in [-0.39, 0.29) is 17.1 Å². The topological polar surface area (TPSA) is 66.0 Å². The van der Waals surface area contributed by atoms with Crippen LogP contribution in [0.5, 0.6) is 0 Å². The first-order valence-electron chi connectivity index (χ1n) is 4.78. The lowest BCUT2D eigenvalue weighted by Gasteiger charge is -2.01. The highest BCUT2D eigenvalue weighted by molar-refractivity contribution is 6.10. The Balaban J connectivity index is 2.33. The molecule has 0 spiro atoms. The Hall–Kier alpha value is -2.02. The summed E-state index contributed by atoms with van der Waals surface area (Å²) in [5, 5.41) is 12.0. The molecule has 0 bridgehead atoms. The summed E-state index contributed by atoms with van der Waals surface area (Å²) in [5.41, 5.74) is 0.904. The Morgan fingerprint density at radius 2 is 2.47 bits per heavy atom. The SMILES string of the molecule is N#CC(C(=O)c1ccco1)=C1CCCN1. The second kappa shape index (κ2) is 4.01. The zero-order valence-corrected chi connectivity index (χ0v) is 8.12. The molecule has 0 atom stereocenters. The van der Waals surface area contributed by atoms with Gasteiger partial charge in [-0.3, -0.25) is 4.79 Å². The van der Waals surface area contributed by atoms with E-state index in [4.69, 9.17) is 9.68 Å². The van der Waals surface area contributed by atoms with E-state index < -0.39 is 0 Å². The van der Waals surface area contributed by atoms with E-state index in [1.165, 1.54) is 6.26 Å². The van der Waals surface area contributed by atoms with Crippen LogP contribution in [0.2, 0.25) is 0 Å². The predicted octanol–water partition coefficient (Wildman–Crippen LogP) is 1.62. The van der Waals surface area contributed by atoms with Crippen molar-refractivity contribution in [3.8, 4) is 6.07 Å². The van der Waals surface area contributed by atoms with Crippen molar-refractivity contribution in [2.45, 2.75) is 12.8 Å². The molecule has 0 unspecified atom stereocenters. The molecule has 1 fully saturated rings. The number of hydrogen-bond acceptors (Lipinski definition) is 4. The Morgan fingerprint density at radius 3 is 3.00 bits per heavy atom. The maximum atomic E-state index is 11.8. The number of carbonyl (C=O) groups excluding carboxylic acids is 1. The van der Waals surface area contributed by atoms with Gasteiger partial charge in [-0.2, -0.15) is 5.26 Å². The molecule has 76 valence electrons. The molecule has 2 heterocycles. The fourth-order valence-corrected chi connectivity index (χ4v) is 1.59. The predicted molar refractivity (Wildman–Crippen MR) is 52.9 cm³/mol. The molecule has 4 heteroatoms. The average Bonchev–Trinajstić information content (AvgIpc) is 2.91. The molecular formula is C11H10N2O2. The van der Waals surface area contributed by atoms with Gasteiger partial charge in [0.2, 0.25) is 5.78 Å². The third-order valence-corrected chi connectivity index (χ3v) is 2.33. The van der Waals surface area contributed by atoms with E-state index in [2.05, 4.69) is 5.32 Å². The summed E-state index contributed by atoms with van der Waals surface area (Å²) in [4.78, 5) is 11.8. The normalized spacial score (nSPS) is 18.1. The first kappa shape index (κ1) is 9.53. The number of rotatable bonds is 2. The van der Waals surface area contributed by atoms with Crippen molar-refractivity contribution in [3.05, 3.63) is 35.4 Å². The van der Waals surface area contributed by atoms with Crippen molar-refractivity contribution in [3.63, 3.8) is 0 Å². The first-order chi connectivity index (χ1) is 7.33. The third-order valence-electron chi connectivity index (χ3n) is 2.33. The van der Waals surface area contributed by atoms with E-state index in [0.29, 0.717) is 0 Å². The van der Waals surface area contributed by atoms with E-state index in [1.54, 1.807) is 12.1 Å². The summed E-state index contributed by atoms with van der Waals surface area (Å²) in [6.07, 6.45) is 3.15. The Kier molecular flexibility index (Phi) is 2.55. The van der Waals surface area contributed by atoms with Gasteiger partial charge in [-0.05, 0) is 25.0 Å². The number of Topliss-reactive ketones (excluding diaryl/α,β-unsaturated/α-hetero) is 1. The summed E-state index contributed by atoms with van der Waals surface area (Å²) in [6.45, 7) is 0.825. The number of hydrogen-bond donors (Lipinski definition) is 1. The molecule has 4 nitrogen and oxygen atoms in total. The highest BCUT2D eigenvalue weighted by Crippen LogP contribution is 2.17. The van der Waals surface area contributed by atoms with Crippen LogP contribution in [0.15, 0.2) is 34.1 Å². The van der Waals surface area contributed by atoms with Crippen molar-refractivity contribution in [2.24, 2.45) is 0 Å². The lowest BCUT2D eigenvalue weighted by atomic mass is 10.1. The van der Waals surface area contributed by atoms with Crippen LogP contribution in [0.4, 0.5) is 0 Å². The van der Waals surface area contributed by atoms with Crippen LogP contribution in [0.3, 0.4) is 0 Å². The molecule has 0 saturated carbocycles. The van der Waals surface area contributed by atoms with E-state index in [0.717, 1.165) is 25.1 Å². The zero-order valence-electron chi connectivity index (χ0n) is 8.12. The first-order valence-corrected chi connectivity index (χ1v) is 4.78. The van der Waals surface area contributed by atoms with E-state index in [1.807, 2.05) is 6.07 Å². The summed E-state index contributed by atoms with van der Waals surface area (Å²) in [7, 11) is 0. The van der Waals surface area contributed by atoms with Crippen molar-refractivity contribution < 1.29 is 9.21 Å². The monoisotopic (exact) mass is 202 g/mol. The van der Waals surface area contributed by atoms with Gasteiger partial charge in [0.05, 0.1) is 6.26 Å². The van der Waals surface area contributed by atoms with Gasteiger partial charge in [0.25, 0.3) is 0 Å². The number of ketones is 1. The molecule has 0 amide bonds. The van der Waals surface area contributed by atoms with Gasteiger partial charge in [-0.1, -0.05) is 0 Å². The second-order valence-corrected chi connectivity index (χ2v) is 3.30. The largest absolute Gasteiger partial charge is 0.461 e. The molecule has 0 aromatic carbocycles. The Labute approximate surface area is 87.2 Å². The number of carbonyl (C=O) groups is 1. The number of nitrogens with one attached hydrogen (secondary N) is 1. The minimum Gasteiger partial charge on any atom is -0.461 e. The molecule has 2 rings (SSSR count). The smallest absolute Gasteiger partial charge is 0.240 e. The number of furan rings is 1. The highest BCUT2D eigenvalue weighted by atomic mass is 16.3. The van der Waals surface area contributed by atoms with Crippen LogP contribution in [0, 0.1) is 11.3 Å². The van der Waals surface area contributed by atoms with Gasteiger partial charge in [0.15, 0.2) is 5.76 Å². The second-order valence-electron chi connectivity index (χ2n) is 3.30. The summed E-state index contributed by atoms with van der Waals surface area (Å²) < 4.78 is 4.98. The molecule has 1 aromatic heterocycles.